The summed E-state index contributed by atoms with van der Waals surface area (Å²) in [7, 11) is 0. The molecule has 0 amide bonds. The minimum atomic E-state index is 0.324. The van der Waals surface area contributed by atoms with Gasteiger partial charge in [0.1, 0.15) is 0 Å². The van der Waals surface area contributed by atoms with Gasteiger partial charge in [0.2, 0.25) is 0 Å². The fourth-order valence-electron chi connectivity index (χ4n) is 3.87. The average Bonchev–Trinajstić information content (AvgIpc) is 2.93. The van der Waals surface area contributed by atoms with Crippen molar-refractivity contribution >= 4 is 10.8 Å². The zero-order valence-electron chi connectivity index (χ0n) is 14.9. The summed E-state index contributed by atoms with van der Waals surface area (Å²) >= 11 is 0. The molecule has 0 aliphatic carbocycles. The van der Waals surface area contributed by atoms with E-state index in [1.807, 2.05) is 0 Å². The Bertz CT molecular complexity index is 830. The molecule has 0 saturated carbocycles. The maximum atomic E-state index is 3.53. The fourth-order valence-corrected chi connectivity index (χ4v) is 3.87. The molecule has 1 heterocycles. The van der Waals surface area contributed by atoms with E-state index in [0.717, 1.165) is 26.2 Å². The number of aryl methyl sites for hydroxylation is 1. The van der Waals surface area contributed by atoms with Gasteiger partial charge in [0.15, 0.2) is 0 Å². The highest BCUT2D eigenvalue weighted by atomic mass is 15.2. The summed E-state index contributed by atoms with van der Waals surface area (Å²) in [4.78, 5) is 2.63. The van der Waals surface area contributed by atoms with Gasteiger partial charge in [-0.3, -0.25) is 4.90 Å². The van der Waals surface area contributed by atoms with Gasteiger partial charge in [-0.05, 0) is 47.9 Å². The fraction of sp³-hybridized carbons (Fsp3) is 0.304. The molecule has 3 aromatic rings. The van der Waals surface area contributed by atoms with Crippen molar-refractivity contribution in [2.24, 2.45) is 0 Å². The Morgan fingerprint density at radius 1 is 0.800 bits per heavy atom. The third-order valence-corrected chi connectivity index (χ3v) is 5.22. The largest absolute Gasteiger partial charge is 0.315 e. The molecule has 1 N–H and O–H groups in total. The van der Waals surface area contributed by atoms with E-state index in [1.165, 1.54) is 33.9 Å². The van der Waals surface area contributed by atoms with E-state index in [9.17, 15) is 0 Å². The van der Waals surface area contributed by atoms with E-state index >= 15 is 0 Å². The van der Waals surface area contributed by atoms with E-state index in [2.05, 4.69) is 83.9 Å². The van der Waals surface area contributed by atoms with Gasteiger partial charge in [0.25, 0.3) is 0 Å². The second kappa shape index (κ2) is 7.38. The molecule has 4 rings (SSSR count). The van der Waals surface area contributed by atoms with Crippen LogP contribution in [0.4, 0.5) is 0 Å². The summed E-state index contributed by atoms with van der Waals surface area (Å²) in [6.45, 7) is 6.57. The number of hydrogen-bond acceptors (Lipinski definition) is 2. The van der Waals surface area contributed by atoms with Crippen LogP contribution in [0.25, 0.3) is 10.8 Å². The second-order valence-corrected chi connectivity index (χ2v) is 7.06. The van der Waals surface area contributed by atoms with E-state index in [4.69, 9.17) is 0 Å². The average molecular weight is 330 g/mol. The molecule has 1 fully saturated rings. The molecule has 1 atom stereocenters. The van der Waals surface area contributed by atoms with Gasteiger partial charge in [0.05, 0.1) is 6.04 Å². The Morgan fingerprint density at radius 3 is 2.40 bits per heavy atom. The van der Waals surface area contributed by atoms with Gasteiger partial charge >= 0.3 is 0 Å². The number of nitrogens with one attached hydrogen (secondary N) is 1. The molecule has 128 valence electrons. The molecule has 1 aliphatic heterocycles. The van der Waals surface area contributed by atoms with Crippen LogP contribution in [-0.2, 0) is 0 Å². The maximum absolute atomic E-state index is 3.53. The standard InChI is InChI=1S/C23H26N2/c1-18-7-9-20(10-8-18)23(25-15-4-13-24-14-16-25)22-12-11-19-5-2-3-6-21(19)17-22/h2-3,5-12,17,23-24H,4,13-16H2,1H3. The lowest BCUT2D eigenvalue weighted by atomic mass is 9.94. The maximum Gasteiger partial charge on any atom is 0.0602 e. The molecular formula is C23H26N2. The summed E-state index contributed by atoms with van der Waals surface area (Å²) in [6, 6.07) is 25.0. The Balaban J connectivity index is 1.78. The van der Waals surface area contributed by atoms with E-state index in [1.54, 1.807) is 0 Å². The van der Waals surface area contributed by atoms with Crippen molar-refractivity contribution in [3.8, 4) is 0 Å². The van der Waals surface area contributed by atoms with Gasteiger partial charge < -0.3 is 5.32 Å². The molecule has 3 aromatic carbocycles. The summed E-state index contributed by atoms with van der Waals surface area (Å²) in [5.41, 5.74) is 4.10. The first kappa shape index (κ1) is 16.3. The van der Waals surface area contributed by atoms with Crippen LogP contribution in [0.1, 0.15) is 29.2 Å². The van der Waals surface area contributed by atoms with Crippen molar-refractivity contribution in [1.82, 2.24) is 10.2 Å². The molecular weight excluding hydrogens is 304 g/mol. The molecule has 0 spiro atoms. The molecule has 0 bridgehead atoms. The second-order valence-electron chi connectivity index (χ2n) is 7.06. The summed E-state index contributed by atoms with van der Waals surface area (Å²) in [5, 5.41) is 6.17. The van der Waals surface area contributed by atoms with Crippen LogP contribution >= 0.6 is 0 Å². The van der Waals surface area contributed by atoms with Crippen LogP contribution in [0.2, 0.25) is 0 Å². The zero-order chi connectivity index (χ0) is 17.1. The van der Waals surface area contributed by atoms with Crippen LogP contribution in [0.15, 0.2) is 66.7 Å². The topological polar surface area (TPSA) is 15.3 Å². The lowest BCUT2D eigenvalue weighted by molar-refractivity contribution is 0.241. The highest BCUT2D eigenvalue weighted by molar-refractivity contribution is 5.83. The Hall–Kier alpha value is -2.16. The van der Waals surface area contributed by atoms with Crippen LogP contribution < -0.4 is 5.32 Å². The number of rotatable bonds is 3. The lowest BCUT2D eigenvalue weighted by Gasteiger charge is -2.31. The zero-order valence-corrected chi connectivity index (χ0v) is 14.9. The summed E-state index contributed by atoms with van der Waals surface area (Å²) in [5.74, 6) is 0. The summed E-state index contributed by atoms with van der Waals surface area (Å²) < 4.78 is 0. The van der Waals surface area contributed by atoms with Gasteiger partial charge in [-0.25, -0.2) is 0 Å². The SMILES string of the molecule is Cc1ccc(C(c2ccc3ccccc3c2)N2CCCNCC2)cc1. The summed E-state index contributed by atoms with van der Waals surface area (Å²) in [6.07, 6.45) is 1.20. The Labute approximate surface area is 150 Å². The van der Waals surface area contributed by atoms with Crippen molar-refractivity contribution in [1.29, 1.82) is 0 Å². The molecule has 1 unspecified atom stereocenters. The lowest BCUT2D eigenvalue weighted by Crippen LogP contribution is -2.33. The van der Waals surface area contributed by atoms with Crippen LogP contribution in [0, 0.1) is 6.92 Å². The highest BCUT2D eigenvalue weighted by Gasteiger charge is 2.23. The van der Waals surface area contributed by atoms with E-state index in [0.29, 0.717) is 6.04 Å². The van der Waals surface area contributed by atoms with Crippen LogP contribution in [0.5, 0.6) is 0 Å². The molecule has 1 saturated heterocycles. The Kier molecular flexibility index (Phi) is 4.82. The van der Waals surface area contributed by atoms with Crippen LogP contribution in [-0.4, -0.2) is 31.1 Å². The molecule has 1 aliphatic rings. The van der Waals surface area contributed by atoms with Crippen molar-refractivity contribution < 1.29 is 0 Å². The van der Waals surface area contributed by atoms with Crippen molar-refractivity contribution in [2.45, 2.75) is 19.4 Å². The minimum absolute atomic E-state index is 0.324. The molecule has 2 heteroatoms. The van der Waals surface area contributed by atoms with E-state index < -0.39 is 0 Å². The number of nitrogens with zero attached hydrogens (tertiary/aromatic N) is 1. The molecule has 0 radical (unpaired) electrons. The van der Waals surface area contributed by atoms with Gasteiger partial charge in [-0.2, -0.15) is 0 Å². The normalized spacial score (nSPS) is 17.3. The monoisotopic (exact) mass is 330 g/mol. The van der Waals surface area contributed by atoms with Crippen molar-refractivity contribution in [3.63, 3.8) is 0 Å². The van der Waals surface area contributed by atoms with Gasteiger partial charge in [0, 0.05) is 19.6 Å². The van der Waals surface area contributed by atoms with Crippen LogP contribution in [0.3, 0.4) is 0 Å². The first-order chi connectivity index (χ1) is 12.3. The van der Waals surface area contributed by atoms with Crippen molar-refractivity contribution in [3.05, 3.63) is 83.4 Å². The third kappa shape index (κ3) is 3.60. The van der Waals surface area contributed by atoms with E-state index in [-0.39, 0.29) is 0 Å². The predicted molar refractivity (Wildman–Crippen MR) is 106 cm³/mol. The minimum Gasteiger partial charge on any atom is -0.315 e. The molecule has 2 nitrogen and oxygen atoms in total. The molecule has 25 heavy (non-hydrogen) atoms. The predicted octanol–water partition coefficient (Wildman–Crippen LogP) is 4.53. The van der Waals surface area contributed by atoms with Gasteiger partial charge in [-0.15, -0.1) is 0 Å². The first-order valence-electron chi connectivity index (χ1n) is 9.31. The first-order valence-corrected chi connectivity index (χ1v) is 9.31. The Morgan fingerprint density at radius 2 is 1.56 bits per heavy atom. The third-order valence-electron chi connectivity index (χ3n) is 5.22. The van der Waals surface area contributed by atoms with Crippen molar-refractivity contribution in [2.75, 3.05) is 26.2 Å². The quantitative estimate of drug-likeness (QED) is 0.759. The number of fused-ring (bicyclic) bond motifs is 1. The number of benzene rings is 3. The highest BCUT2D eigenvalue weighted by Crippen LogP contribution is 2.31. The molecule has 0 aromatic heterocycles. The number of hydrogen-bond donors (Lipinski definition) is 1. The van der Waals surface area contributed by atoms with Gasteiger partial charge in [-0.1, -0.05) is 66.2 Å². The smallest absolute Gasteiger partial charge is 0.0602 e.